The van der Waals surface area contributed by atoms with Crippen molar-refractivity contribution in [3.05, 3.63) is 65.1 Å². The molecule has 0 saturated carbocycles. The van der Waals surface area contributed by atoms with Gasteiger partial charge < -0.3 is 9.32 Å². The molecule has 1 aliphatic heterocycles. The molecule has 6 heteroatoms. The Hall–Kier alpha value is -2.47. The molecular formula is C20H19FN2O2S. The summed E-state index contributed by atoms with van der Waals surface area (Å²) in [5.74, 6) is 0.574. The van der Waals surface area contributed by atoms with Crippen LogP contribution in [0, 0.1) is 5.82 Å². The second-order valence-electron chi connectivity index (χ2n) is 6.52. The standard InChI is InChI=1S/C20H19FN2O2S/c21-15-5-1-4-14(10-15)11-17-6-2-8-23(17)19(24)12-16-13-26-20(22-16)18-7-3-9-25-18/h1,3-5,7,9-10,13,17H,2,6,8,11-12H2. The molecule has 0 spiro atoms. The summed E-state index contributed by atoms with van der Waals surface area (Å²) in [5, 5.41) is 2.70. The molecule has 4 nitrogen and oxygen atoms in total. The molecule has 1 unspecified atom stereocenters. The number of likely N-dealkylation sites (tertiary alicyclic amines) is 1. The number of hydrogen-bond acceptors (Lipinski definition) is 4. The zero-order valence-electron chi connectivity index (χ0n) is 14.2. The van der Waals surface area contributed by atoms with Gasteiger partial charge in [-0.2, -0.15) is 0 Å². The molecule has 1 aliphatic rings. The summed E-state index contributed by atoms with van der Waals surface area (Å²) < 4.78 is 18.8. The largest absolute Gasteiger partial charge is 0.462 e. The number of thiazole rings is 1. The Morgan fingerprint density at radius 1 is 1.35 bits per heavy atom. The first-order chi connectivity index (χ1) is 12.7. The van der Waals surface area contributed by atoms with Crippen molar-refractivity contribution in [3.63, 3.8) is 0 Å². The van der Waals surface area contributed by atoms with Crippen molar-refractivity contribution in [3.8, 4) is 10.8 Å². The predicted molar refractivity (Wildman–Crippen MR) is 98.4 cm³/mol. The van der Waals surface area contributed by atoms with Gasteiger partial charge in [0.05, 0.1) is 18.4 Å². The molecule has 0 bridgehead atoms. The van der Waals surface area contributed by atoms with Crippen molar-refractivity contribution in [2.75, 3.05) is 6.54 Å². The molecule has 0 N–H and O–H groups in total. The lowest BCUT2D eigenvalue weighted by Gasteiger charge is -2.24. The SMILES string of the molecule is O=C(Cc1csc(-c2ccco2)n1)N1CCCC1Cc1cccc(F)c1. The van der Waals surface area contributed by atoms with Crippen molar-refractivity contribution < 1.29 is 13.6 Å². The smallest absolute Gasteiger partial charge is 0.228 e. The first kappa shape index (κ1) is 17.0. The van der Waals surface area contributed by atoms with E-state index in [-0.39, 0.29) is 24.2 Å². The number of aromatic nitrogens is 1. The Bertz CT molecular complexity index is 891. The van der Waals surface area contributed by atoms with E-state index < -0.39 is 0 Å². The quantitative estimate of drug-likeness (QED) is 0.672. The van der Waals surface area contributed by atoms with Gasteiger partial charge in [0.2, 0.25) is 5.91 Å². The van der Waals surface area contributed by atoms with E-state index >= 15 is 0 Å². The number of carbonyl (C=O) groups excluding carboxylic acids is 1. The van der Waals surface area contributed by atoms with Crippen molar-refractivity contribution in [1.29, 1.82) is 0 Å². The van der Waals surface area contributed by atoms with E-state index in [1.165, 1.54) is 17.4 Å². The predicted octanol–water partition coefficient (Wildman–Crippen LogP) is 4.32. The number of rotatable bonds is 5. The molecule has 3 aromatic rings. The summed E-state index contributed by atoms with van der Waals surface area (Å²) >= 11 is 1.48. The van der Waals surface area contributed by atoms with Crippen LogP contribution in [0.1, 0.15) is 24.1 Å². The average molecular weight is 370 g/mol. The van der Waals surface area contributed by atoms with Gasteiger partial charge in [-0.05, 0) is 49.1 Å². The van der Waals surface area contributed by atoms with E-state index in [0.29, 0.717) is 6.42 Å². The molecule has 2 aromatic heterocycles. The third-order valence-electron chi connectivity index (χ3n) is 4.67. The minimum atomic E-state index is -0.230. The van der Waals surface area contributed by atoms with Crippen LogP contribution >= 0.6 is 11.3 Å². The third-order valence-corrected chi connectivity index (χ3v) is 5.58. The molecule has 0 aliphatic carbocycles. The fourth-order valence-electron chi connectivity index (χ4n) is 3.47. The maximum Gasteiger partial charge on any atom is 0.228 e. The Labute approximate surface area is 155 Å². The summed E-state index contributed by atoms with van der Waals surface area (Å²) in [6, 6.07) is 10.4. The van der Waals surface area contributed by atoms with E-state index in [1.54, 1.807) is 18.4 Å². The second kappa shape index (κ2) is 7.41. The van der Waals surface area contributed by atoms with Gasteiger partial charge in [-0.1, -0.05) is 12.1 Å². The summed E-state index contributed by atoms with van der Waals surface area (Å²) in [4.78, 5) is 19.2. The molecule has 1 saturated heterocycles. The van der Waals surface area contributed by atoms with Gasteiger partial charge in [0.25, 0.3) is 0 Å². The minimum Gasteiger partial charge on any atom is -0.462 e. The van der Waals surface area contributed by atoms with Crippen LogP contribution in [0.5, 0.6) is 0 Å². The van der Waals surface area contributed by atoms with E-state index in [2.05, 4.69) is 4.98 Å². The van der Waals surface area contributed by atoms with E-state index in [4.69, 9.17) is 4.42 Å². The summed E-state index contributed by atoms with van der Waals surface area (Å²) in [6.45, 7) is 0.758. The summed E-state index contributed by atoms with van der Waals surface area (Å²) in [5.41, 5.74) is 1.70. The lowest BCUT2D eigenvalue weighted by Crippen LogP contribution is -2.37. The van der Waals surface area contributed by atoms with Crippen molar-refractivity contribution in [2.45, 2.75) is 31.7 Å². The van der Waals surface area contributed by atoms with Gasteiger partial charge in [-0.3, -0.25) is 4.79 Å². The number of carbonyl (C=O) groups is 1. The monoisotopic (exact) mass is 370 g/mol. The minimum absolute atomic E-state index is 0.0835. The highest BCUT2D eigenvalue weighted by atomic mass is 32.1. The molecular weight excluding hydrogens is 351 g/mol. The Balaban J connectivity index is 1.42. The van der Waals surface area contributed by atoms with Crippen molar-refractivity contribution >= 4 is 17.2 Å². The van der Waals surface area contributed by atoms with Crippen LogP contribution in [0.15, 0.2) is 52.5 Å². The van der Waals surface area contributed by atoms with E-state index in [1.807, 2.05) is 28.5 Å². The Kier molecular flexibility index (Phi) is 4.84. The zero-order valence-corrected chi connectivity index (χ0v) is 15.0. The maximum absolute atomic E-state index is 13.4. The maximum atomic E-state index is 13.4. The van der Waals surface area contributed by atoms with Gasteiger partial charge in [-0.15, -0.1) is 11.3 Å². The summed E-state index contributed by atoms with van der Waals surface area (Å²) in [6.07, 6.45) is 4.54. The van der Waals surface area contributed by atoms with Gasteiger partial charge in [0.1, 0.15) is 5.82 Å². The van der Waals surface area contributed by atoms with E-state index in [0.717, 1.165) is 41.4 Å². The Morgan fingerprint density at radius 2 is 2.27 bits per heavy atom. The van der Waals surface area contributed by atoms with Crippen LogP contribution in [0.4, 0.5) is 4.39 Å². The first-order valence-electron chi connectivity index (χ1n) is 8.71. The zero-order chi connectivity index (χ0) is 17.9. The second-order valence-corrected chi connectivity index (χ2v) is 7.37. The molecule has 0 radical (unpaired) electrons. The fraction of sp³-hybridized carbons (Fsp3) is 0.300. The van der Waals surface area contributed by atoms with Gasteiger partial charge in [0.15, 0.2) is 10.8 Å². The summed E-state index contributed by atoms with van der Waals surface area (Å²) in [7, 11) is 0. The highest BCUT2D eigenvalue weighted by molar-refractivity contribution is 7.13. The van der Waals surface area contributed by atoms with Crippen LogP contribution in [0.25, 0.3) is 10.8 Å². The topological polar surface area (TPSA) is 46.3 Å². The fourth-order valence-corrected chi connectivity index (χ4v) is 4.26. The molecule has 3 heterocycles. The number of hydrogen-bond donors (Lipinski definition) is 0. The Morgan fingerprint density at radius 3 is 3.08 bits per heavy atom. The molecule has 1 aromatic carbocycles. The number of furan rings is 1. The van der Waals surface area contributed by atoms with E-state index in [9.17, 15) is 9.18 Å². The van der Waals surface area contributed by atoms with Crippen molar-refractivity contribution in [2.24, 2.45) is 0 Å². The van der Waals surface area contributed by atoms with Gasteiger partial charge in [-0.25, -0.2) is 9.37 Å². The van der Waals surface area contributed by atoms with Crippen LogP contribution in [0.2, 0.25) is 0 Å². The number of halogens is 1. The average Bonchev–Trinajstić information content (AvgIpc) is 3.36. The number of benzene rings is 1. The van der Waals surface area contributed by atoms with Crippen LogP contribution < -0.4 is 0 Å². The van der Waals surface area contributed by atoms with Gasteiger partial charge in [0, 0.05) is 18.0 Å². The van der Waals surface area contributed by atoms with Gasteiger partial charge >= 0.3 is 0 Å². The third kappa shape index (κ3) is 3.70. The number of nitrogens with zero attached hydrogens (tertiary/aromatic N) is 2. The molecule has 4 rings (SSSR count). The lowest BCUT2D eigenvalue weighted by molar-refractivity contribution is -0.131. The van der Waals surface area contributed by atoms with Crippen molar-refractivity contribution in [1.82, 2.24) is 9.88 Å². The molecule has 134 valence electrons. The van der Waals surface area contributed by atoms with Crippen LogP contribution in [-0.2, 0) is 17.6 Å². The van der Waals surface area contributed by atoms with Crippen LogP contribution in [-0.4, -0.2) is 28.4 Å². The molecule has 1 amide bonds. The molecule has 1 fully saturated rings. The first-order valence-corrected chi connectivity index (χ1v) is 9.59. The number of amides is 1. The molecule has 1 atom stereocenters. The highest BCUT2D eigenvalue weighted by Crippen LogP contribution is 2.26. The highest BCUT2D eigenvalue weighted by Gasteiger charge is 2.29. The normalized spacial score (nSPS) is 17.0. The molecule has 26 heavy (non-hydrogen) atoms. The van der Waals surface area contributed by atoms with Crippen LogP contribution in [0.3, 0.4) is 0 Å². The lowest BCUT2D eigenvalue weighted by atomic mass is 10.0.